The summed E-state index contributed by atoms with van der Waals surface area (Å²) in [6.45, 7) is 0. The number of cyclic esters (lactones) is 1. The molecule has 0 amide bonds. The van der Waals surface area contributed by atoms with Gasteiger partial charge in [0, 0.05) is 18.8 Å². The first-order chi connectivity index (χ1) is 8.72. The van der Waals surface area contributed by atoms with Gasteiger partial charge < -0.3 is 4.74 Å². The number of carbonyl (C=O) groups is 1. The van der Waals surface area contributed by atoms with Gasteiger partial charge in [-0.05, 0) is 17.5 Å². The van der Waals surface area contributed by atoms with Gasteiger partial charge in [0.05, 0.1) is 11.1 Å². The van der Waals surface area contributed by atoms with E-state index in [-0.39, 0.29) is 0 Å². The minimum Gasteiger partial charge on any atom is -0.401 e. The van der Waals surface area contributed by atoms with Crippen LogP contribution < -0.4 is 0 Å². The summed E-state index contributed by atoms with van der Waals surface area (Å²) >= 11 is 1.48. The van der Waals surface area contributed by atoms with Gasteiger partial charge in [-0.3, -0.25) is 4.68 Å². The number of thiophene rings is 1. The number of aromatic nitrogens is 2. The maximum atomic E-state index is 11.7. The minimum atomic E-state index is -0.428. The molecule has 0 bridgehead atoms. The topological polar surface area (TPSA) is 56.5 Å². The van der Waals surface area contributed by atoms with Gasteiger partial charge in [0.2, 0.25) is 5.90 Å². The summed E-state index contributed by atoms with van der Waals surface area (Å²) in [7, 11) is 1.81. The quantitative estimate of drug-likeness (QED) is 0.610. The average molecular weight is 259 g/mol. The molecule has 3 rings (SSSR count). The molecule has 2 aromatic rings. The van der Waals surface area contributed by atoms with Crippen LogP contribution in [0.2, 0.25) is 0 Å². The van der Waals surface area contributed by atoms with E-state index in [1.165, 1.54) is 11.3 Å². The lowest BCUT2D eigenvalue weighted by atomic mass is 10.3. The summed E-state index contributed by atoms with van der Waals surface area (Å²) in [5, 5.41) is 5.94. The third-order valence-corrected chi connectivity index (χ3v) is 3.24. The Hall–Kier alpha value is -2.21. The largest absolute Gasteiger partial charge is 0.401 e. The standard InChI is InChI=1S/C12H9N3O2S/c1-15-7-8(6-13-15)5-9-12(16)17-11(14-9)10-3-2-4-18-10/h2-7H,1H3/b9-5+. The van der Waals surface area contributed by atoms with E-state index in [0.717, 1.165) is 10.4 Å². The Morgan fingerprint density at radius 2 is 2.39 bits per heavy atom. The van der Waals surface area contributed by atoms with Gasteiger partial charge in [-0.15, -0.1) is 11.3 Å². The zero-order valence-electron chi connectivity index (χ0n) is 9.53. The second kappa shape index (κ2) is 4.23. The van der Waals surface area contributed by atoms with Crippen molar-refractivity contribution in [3.8, 4) is 0 Å². The average Bonchev–Trinajstić information content (AvgIpc) is 3.02. The maximum absolute atomic E-state index is 11.7. The summed E-state index contributed by atoms with van der Waals surface area (Å²) in [5.41, 5.74) is 1.12. The van der Waals surface area contributed by atoms with E-state index in [2.05, 4.69) is 10.1 Å². The highest BCUT2D eigenvalue weighted by Crippen LogP contribution is 2.21. The molecule has 0 spiro atoms. The molecule has 0 aliphatic carbocycles. The number of nitrogens with zero attached hydrogens (tertiary/aromatic N) is 3. The predicted molar refractivity (Wildman–Crippen MR) is 68.1 cm³/mol. The second-order valence-electron chi connectivity index (χ2n) is 3.76. The van der Waals surface area contributed by atoms with Crippen LogP contribution in [0.3, 0.4) is 0 Å². The fraction of sp³-hybridized carbons (Fsp3) is 0.0833. The first-order valence-corrected chi connectivity index (χ1v) is 6.15. The van der Waals surface area contributed by atoms with Gasteiger partial charge in [0.15, 0.2) is 5.70 Å². The number of aryl methyl sites for hydroxylation is 1. The molecule has 0 aromatic carbocycles. The predicted octanol–water partition coefficient (Wildman–Crippen LogP) is 1.83. The van der Waals surface area contributed by atoms with Crippen molar-refractivity contribution in [2.75, 3.05) is 0 Å². The van der Waals surface area contributed by atoms with Gasteiger partial charge in [0.1, 0.15) is 0 Å². The van der Waals surface area contributed by atoms with Crippen LogP contribution in [0.15, 0.2) is 40.6 Å². The third-order valence-electron chi connectivity index (χ3n) is 2.38. The number of hydrogen-bond acceptors (Lipinski definition) is 5. The summed E-state index contributed by atoms with van der Waals surface area (Å²) < 4.78 is 6.79. The van der Waals surface area contributed by atoms with Crippen molar-refractivity contribution >= 4 is 29.3 Å². The molecule has 5 nitrogen and oxygen atoms in total. The van der Waals surface area contributed by atoms with Crippen molar-refractivity contribution < 1.29 is 9.53 Å². The maximum Gasteiger partial charge on any atom is 0.363 e. The van der Waals surface area contributed by atoms with E-state index in [1.54, 1.807) is 23.2 Å². The Kier molecular flexibility index (Phi) is 2.56. The Morgan fingerprint density at radius 1 is 1.50 bits per heavy atom. The normalized spacial score (nSPS) is 17.1. The van der Waals surface area contributed by atoms with Crippen LogP contribution in [0, 0.1) is 0 Å². The summed E-state index contributed by atoms with van der Waals surface area (Å²) in [5.74, 6) is -0.0626. The Bertz CT molecular complexity index is 653. The summed E-state index contributed by atoms with van der Waals surface area (Å²) in [6, 6.07) is 3.75. The van der Waals surface area contributed by atoms with Crippen molar-refractivity contribution in [3.63, 3.8) is 0 Å². The van der Waals surface area contributed by atoms with Crippen molar-refractivity contribution in [1.82, 2.24) is 9.78 Å². The van der Waals surface area contributed by atoms with Gasteiger partial charge in [-0.1, -0.05) is 6.07 Å². The van der Waals surface area contributed by atoms with Crippen molar-refractivity contribution in [1.29, 1.82) is 0 Å². The number of rotatable bonds is 2. The van der Waals surface area contributed by atoms with E-state index in [4.69, 9.17) is 4.74 Å². The van der Waals surface area contributed by atoms with Crippen LogP contribution >= 0.6 is 11.3 Å². The van der Waals surface area contributed by atoms with Crippen LogP contribution in [0.5, 0.6) is 0 Å². The summed E-state index contributed by atoms with van der Waals surface area (Å²) in [6.07, 6.45) is 5.13. The van der Waals surface area contributed by atoms with Crippen LogP contribution in [0.1, 0.15) is 10.4 Å². The lowest BCUT2D eigenvalue weighted by Crippen LogP contribution is -2.03. The molecule has 0 N–H and O–H groups in total. The minimum absolute atomic E-state index is 0.298. The van der Waals surface area contributed by atoms with Gasteiger partial charge in [-0.2, -0.15) is 5.10 Å². The molecule has 0 fully saturated rings. The smallest absolute Gasteiger partial charge is 0.363 e. The van der Waals surface area contributed by atoms with Gasteiger partial charge >= 0.3 is 5.97 Å². The van der Waals surface area contributed by atoms with Crippen LogP contribution in [-0.2, 0) is 16.6 Å². The molecule has 18 heavy (non-hydrogen) atoms. The SMILES string of the molecule is Cn1cc(/C=C2/N=C(c3cccs3)OC2=O)cn1. The van der Waals surface area contributed by atoms with E-state index in [0.29, 0.717) is 11.6 Å². The van der Waals surface area contributed by atoms with Crippen LogP contribution in [-0.4, -0.2) is 21.6 Å². The number of esters is 1. The molecule has 6 heteroatoms. The molecular weight excluding hydrogens is 250 g/mol. The lowest BCUT2D eigenvalue weighted by Gasteiger charge is -1.92. The zero-order valence-corrected chi connectivity index (χ0v) is 10.3. The molecule has 90 valence electrons. The Balaban J connectivity index is 1.94. The Morgan fingerprint density at radius 3 is 3.06 bits per heavy atom. The number of aliphatic imine (C=N–C) groups is 1. The fourth-order valence-electron chi connectivity index (χ4n) is 1.59. The van der Waals surface area contributed by atoms with Crippen molar-refractivity contribution in [2.24, 2.45) is 12.0 Å². The Labute approximate surface area is 107 Å². The van der Waals surface area contributed by atoms with E-state index in [1.807, 2.05) is 24.6 Å². The molecule has 0 atom stereocenters. The first kappa shape index (κ1) is 10.9. The highest BCUT2D eigenvalue weighted by Gasteiger charge is 2.24. The van der Waals surface area contributed by atoms with Crippen LogP contribution in [0.25, 0.3) is 6.08 Å². The molecule has 0 saturated carbocycles. The molecular formula is C12H9N3O2S. The number of ether oxygens (including phenoxy) is 1. The number of hydrogen-bond donors (Lipinski definition) is 0. The molecule has 2 aromatic heterocycles. The van der Waals surface area contributed by atoms with Gasteiger partial charge in [-0.25, -0.2) is 9.79 Å². The van der Waals surface area contributed by atoms with Crippen LogP contribution in [0.4, 0.5) is 0 Å². The molecule has 0 saturated heterocycles. The molecule has 1 aliphatic rings. The highest BCUT2D eigenvalue weighted by molar-refractivity contribution is 7.12. The molecule has 0 radical (unpaired) electrons. The lowest BCUT2D eigenvalue weighted by molar-refractivity contribution is -0.129. The van der Waals surface area contributed by atoms with Crippen molar-refractivity contribution in [3.05, 3.63) is 46.0 Å². The highest BCUT2D eigenvalue weighted by atomic mass is 32.1. The van der Waals surface area contributed by atoms with E-state index in [9.17, 15) is 4.79 Å². The molecule has 1 aliphatic heterocycles. The number of carbonyl (C=O) groups excluding carboxylic acids is 1. The fourth-order valence-corrected chi connectivity index (χ4v) is 2.24. The zero-order chi connectivity index (χ0) is 12.5. The molecule has 0 unspecified atom stereocenters. The second-order valence-corrected chi connectivity index (χ2v) is 4.71. The van der Waals surface area contributed by atoms with E-state index < -0.39 is 5.97 Å². The third kappa shape index (κ3) is 1.98. The summed E-state index contributed by atoms with van der Waals surface area (Å²) in [4.78, 5) is 16.7. The monoisotopic (exact) mass is 259 g/mol. The van der Waals surface area contributed by atoms with E-state index >= 15 is 0 Å². The van der Waals surface area contributed by atoms with Gasteiger partial charge in [0.25, 0.3) is 0 Å². The van der Waals surface area contributed by atoms with Crippen molar-refractivity contribution in [2.45, 2.75) is 0 Å². The molecule has 3 heterocycles. The first-order valence-electron chi connectivity index (χ1n) is 5.27.